The van der Waals surface area contributed by atoms with Crippen LogP contribution >= 0.6 is 27.5 Å². The van der Waals surface area contributed by atoms with Gasteiger partial charge in [0.05, 0.1) is 17.1 Å². The summed E-state index contributed by atoms with van der Waals surface area (Å²) >= 11 is 9.55. The largest absolute Gasteiger partial charge is 0.488 e. The van der Waals surface area contributed by atoms with Crippen LogP contribution in [-0.4, -0.2) is 15.9 Å². The summed E-state index contributed by atoms with van der Waals surface area (Å²) in [5, 5.41) is 8.11. The molecule has 1 aliphatic rings. The van der Waals surface area contributed by atoms with Crippen LogP contribution in [0.1, 0.15) is 55.0 Å². The highest BCUT2D eigenvalue weighted by Crippen LogP contribution is 2.32. The summed E-state index contributed by atoms with van der Waals surface area (Å²) in [6, 6.07) is 25.4. The Kier molecular flexibility index (Phi) is 7.49. The van der Waals surface area contributed by atoms with Gasteiger partial charge < -0.3 is 4.74 Å². The molecule has 1 aromatic heterocycles. The molecule has 0 atom stereocenters. The van der Waals surface area contributed by atoms with E-state index in [0.717, 1.165) is 57.9 Å². The highest BCUT2D eigenvalue weighted by molar-refractivity contribution is 9.10. The Bertz CT molecular complexity index is 1740. The van der Waals surface area contributed by atoms with Gasteiger partial charge in [0, 0.05) is 21.0 Å². The normalized spacial score (nSPS) is 14.4. The zero-order valence-corrected chi connectivity index (χ0v) is 23.7. The molecule has 0 bridgehead atoms. The first-order chi connectivity index (χ1) is 19.1. The first-order valence-corrected chi connectivity index (χ1v) is 14.4. The van der Waals surface area contributed by atoms with E-state index >= 15 is 0 Å². The van der Waals surface area contributed by atoms with Crippen molar-refractivity contribution >= 4 is 55.4 Å². The van der Waals surface area contributed by atoms with Crippen molar-refractivity contribution in [1.29, 1.82) is 0 Å². The fraction of sp³-hybridized carbons (Fsp3) is 0.219. The molecule has 0 amide bonds. The van der Waals surface area contributed by atoms with Gasteiger partial charge in [0.1, 0.15) is 18.2 Å². The zero-order valence-electron chi connectivity index (χ0n) is 21.3. The molecule has 1 aliphatic carbocycles. The fourth-order valence-corrected chi connectivity index (χ4v) is 5.78. The molecular formula is C32H27BrClN3O2. The third-order valence-corrected chi connectivity index (χ3v) is 8.09. The Morgan fingerprint density at radius 1 is 0.974 bits per heavy atom. The Labute approximate surface area is 240 Å². The van der Waals surface area contributed by atoms with E-state index in [2.05, 4.69) is 22.0 Å². The van der Waals surface area contributed by atoms with Crippen molar-refractivity contribution in [3.63, 3.8) is 0 Å². The molecule has 5 nitrogen and oxygen atoms in total. The summed E-state index contributed by atoms with van der Waals surface area (Å²) in [4.78, 5) is 18.8. The summed E-state index contributed by atoms with van der Waals surface area (Å²) in [5.41, 5.74) is 2.36. The number of hydrogen-bond donors (Lipinski definition) is 0. The van der Waals surface area contributed by atoms with E-state index in [0.29, 0.717) is 28.3 Å². The smallest absolute Gasteiger partial charge is 0.282 e. The van der Waals surface area contributed by atoms with Crippen molar-refractivity contribution < 1.29 is 4.74 Å². The van der Waals surface area contributed by atoms with E-state index < -0.39 is 0 Å². The molecule has 0 radical (unpaired) electrons. The van der Waals surface area contributed by atoms with Crippen molar-refractivity contribution in [2.45, 2.75) is 44.6 Å². The van der Waals surface area contributed by atoms with E-state index in [1.165, 1.54) is 11.1 Å². The van der Waals surface area contributed by atoms with Gasteiger partial charge >= 0.3 is 0 Å². The molecule has 39 heavy (non-hydrogen) atoms. The van der Waals surface area contributed by atoms with Gasteiger partial charge in [-0.15, -0.1) is 0 Å². The minimum absolute atomic E-state index is 0.165. The molecule has 0 spiro atoms. The molecule has 5 aromatic rings. The van der Waals surface area contributed by atoms with Crippen molar-refractivity contribution in [1.82, 2.24) is 9.66 Å². The minimum Gasteiger partial charge on any atom is -0.488 e. The standard InChI is InChI=1S/C32H27BrClN3O2/c33-24-13-16-29-27(18-24)32(38)37(31(36-29)23-7-2-1-3-8-23)35-19-28-26-9-5-4-6-22(26)12-17-30(28)39-20-21-10-14-25(34)15-11-21/h4-6,9-19,23H,1-3,7-8,20H2. The van der Waals surface area contributed by atoms with Crippen molar-refractivity contribution in [3.8, 4) is 5.75 Å². The third-order valence-electron chi connectivity index (χ3n) is 7.34. The van der Waals surface area contributed by atoms with E-state index in [1.807, 2.05) is 72.8 Å². The monoisotopic (exact) mass is 599 g/mol. The molecule has 1 heterocycles. The lowest BCUT2D eigenvalue weighted by atomic mass is 9.88. The predicted molar refractivity (Wildman–Crippen MR) is 162 cm³/mol. The van der Waals surface area contributed by atoms with Crippen LogP contribution in [0.2, 0.25) is 5.02 Å². The van der Waals surface area contributed by atoms with E-state index in [-0.39, 0.29) is 11.5 Å². The Morgan fingerprint density at radius 2 is 1.77 bits per heavy atom. The maximum atomic E-state index is 13.8. The van der Waals surface area contributed by atoms with Gasteiger partial charge in [-0.05, 0) is 65.6 Å². The van der Waals surface area contributed by atoms with E-state index in [9.17, 15) is 4.79 Å². The lowest BCUT2D eigenvalue weighted by Crippen LogP contribution is -2.25. The maximum absolute atomic E-state index is 13.8. The number of rotatable bonds is 6. The van der Waals surface area contributed by atoms with Crippen LogP contribution in [0.25, 0.3) is 21.7 Å². The summed E-state index contributed by atoms with van der Waals surface area (Å²) in [7, 11) is 0. The highest BCUT2D eigenvalue weighted by Gasteiger charge is 2.22. The number of aromatic nitrogens is 2. The van der Waals surface area contributed by atoms with Gasteiger partial charge in [-0.1, -0.05) is 89.3 Å². The van der Waals surface area contributed by atoms with Crippen LogP contribution in [0.4, 0.5) is 0 Å². The summed E-state index contributed by atoms with van der Waals surface area (Å²) in [6.07, 6.45) is 7.25. The van der Waals surface area contributed by atoms with Gasteiger partial charge in [0.15, 0.2) is 0 Å². The summed E-state index contributed by atoms with van der Waals surface area (Å²) in [5.74, 6) is 1.62. The Hall–Kier alpha value is -3.48. The van der Waals surface area contributed by atoms with Gasteiger partial charge in [-0.25, -0.2) is 4.98 Å². The molecule has 0 aliphatic heterocycles. The Morgan fingerprint density at radius 3 is 2.59 bits per heavy atom. The number of hydrogen-bond acceptors (Lipinski definition) is 4. The van der Waals surface area contributed by atoms with Crippen LogP contribution in [-0.2, 0) is 6.61 Å². The van der Waals surface area contributed by atoms with Gasteiger partial charge in [-0.3, -0.25) is 4.79 Å². The van der Waals surface area contributed by atoms with Crippen LogP contribution in [0.5, 0.6) is 5.75 Å². The van der Waals surface area contributed by atoms with Crippen LogP contribution < -0.4 is 10.3 Å². The fourth-order valence-electron chi connectivity index (χ4n) is 5.29. The topological polar surface area (TPSA) is 56.5 Å². The molecule has 0 N–H and O–H groups in total. The number of benzene rings is 4. The van der Waals surface area contributed by atoms with E-state index in [1.54, 1.807) is 6.21 Å². The molecule has 4 aromatic carbocycles. The molecule has 1 saturated carbocycles. The Balaban J connectivity index is 1.46. The summed E-state index contributed by atoms with van der Waals surface area (Å²) < 4.78 is 8.62. The maximum Gasteiger partial charge on any atom is 0.282 e. The quantitative estimate of drug-likeness (QED) is 0.184. The second kappa shape index (κ2) is 11.3. The minimum atomic E-state index is -0.165. The predicted octanol–water partition coefficient (Wildman–Crippen LogP) is 8.47. The number of fused-ring (bicyclic) bond motifs is 2. The first-order valence-electron chi connectivity index (χ1n) is 13.2. The first kappa shape index (κ1) is 25.8. The van der Waals surface area contributed by atoms with Crippen molar-refractivity contribution in [3.05, 3.63) is 116 Å². The molecule has 0 unspecified atom stereocenters. The summed E-state index contributed by atoms with van der Waals surface area (Å²) in [6.45, 7) is 0.384. The molecular weight excluding hydrogens is 574 g/mol. The lowest BCUT2D eigenvalue weighted by Gasteiger charge is -2.23. The van der Waals surface area contributed by atoms with Gasteiger partial charge in [-0.2, -0.15) is 9.78 Å². The van der Waals surface area contributed by atoms with Crippen LogP contribution in [0.3, 0.4) is 0 Å². The molecule has 6 rings (SSSR count). The number of ether oxygens (including phenoxy) is 1. The van der Waals surface area contributed by atoms with Gasteiger partial charge in [0.2, 0.25) is 0 Å². The second-order valence-corrected chi connectivity index (χ2v) is 11.3. The highest BCUT2D eigenvalue weighted by atomic mass is 79.9. The SMILES string of the molecule is O=c1c2cc(Br)ccc2nc(C2CCCCC2)n1N=Cc1c(OCc2ccc(Cl)cc2)ccc2ccccc12. The molecule has 0 saturated heterocycles. The van der Waals surface area contributed by atoms with Gasteiger partial charge in [0.25, 0.3) is 5.56 Å². The molecule has 1 fully saturated rings. The average molecular weight is 601 g/mol. The number of halogens is 2. The van der Waals surface area contributed by atoms with Crippen molar-refractivity contribution in [2.75, 3.05) is 0 Å². The third kappa shape index (κ3) is 5.49. The number of nitrogens with zero attached hydrogens (tertiary/aromatic N) is 3. The second-order valence-electron chi connectivity index (χ2n) is 9.94. The zero-order chi connectivity index (χ0) is 26.8. The van der Waals surface area contributed by atoms with Crippen molar-refractivity contribution in [2.24, 2.45) is 5.10 Å². The lowest BCUT2D eigenvalue weighted by molar-refractivity contribution is 0.306. The molecule has 7 heteroatoms. The van der Waals surface area contributed by atoms with Crippen LogP contribution in [0, 0.1) is 0 Å². The molecule has 196 valence electrons. The van der Waals surface area contributed by atoms with Crippen LogP contribution in [0.15, 0.2) is 93.2 Å². The van der Waals surface area contributed by atoms with E-state index in [4.69, 9.17) is 26.4 Å². The average Bonchev–Trinajstić information content (AvgIpc) is 2.97.